The third kappa shape index (κ3) is 3.40. The summed E-state index contributed by atoms with van der Waals surface area (Å²) in [5.74, 6) is 0.274. The Hall–Kier alpha value is -0.800. The predicted molar refractivity (Wildman–Crippen MR) is 79.5 cm³/mol. The monoisotopic (exact) mass is 284 g/mol. The smallest absolute Gasteiger partial charge is 0.148 e. The zero-order valence-corrected chi connectivity index (χ0v) is 12.4. The molecule has 0 spiro atoms. The van der Waals surface area contributed by atoms with Crippen molar-refractivity contribution >= 4 is 17.3 Å². The Morgan fingerprint density at radius 3 is 2.89 bits per heavy atom. The molecule has 0 aliphatic carbocycles. The first kappa shape index (κ1) is 14.6. The van der Waals surface area contributed by atoms with Gasteiger partial charge in [-0.15, -0.1) is 0 Å². The van der Waals surface area contributed by atoms with Gasteiger partial charge in [0.05, 0.1) is 10.7 Å². The van der Waals surface area contributed by atoms with Crippen molar-refractivity contribution in [3.05, 3.63) is 29.0 Å². The van der Waals surface area contributed by atoms with Crippen LogP contribution < -0.4 is 10.2 Å². The highest BCUT2D eigenvalue weighted by Crippen LogP contribution is 2.32. The molecular weight excluding hydrogens is 263 g/mol. The van der Waals surface area contributed by atoms with E-state index in [1.807, 2.05) is 0 Å². The lowest BCUT2D eigenvalue weighted by molar-refractivity contribution is 0.321. The quantitative estimate of drug-likeness (QED) is 0.907. The van der Waals surface area contributed by atoms with Gasteiger partial charge in [-0.3, -0.25) is 0 Å². The first-order chi connectivity index (χ1) is 9.13. The van der Waals surface area contributed by atoms with E-state index in [1.165, 1.54) is 6.07 Å². The SMILES string of the molecule is CCCNC1CCN(c2c(F)cccc2Cl)CC1C. The molecule has 0 aromatic heterocycles. The molecule has 0 saturated carbocycles. The molecule has 1 aromatic carbocycles. The molecule has 0 radical (unpaired) electrons. The van der Waals surface area contributed by atoms with Gasteiger partial charge in [-0.1, -0.05) is 31.5 Å². The molecule has 19 heavy (non-hydrogen) atoms. The van der Waals surface area contributed by atoms with Crippen molar-refractivity contribution in [1.29, 1.82) is 0 Å². The number of halogens is 2. The molecule has 4 heteroatoms. The highest BCUT2D eigenvalue weighted by atomic mass is 35.5. The van der Waals surface area contributed by atoms with Crippen LogP contribution in [0, 0.1) is 11.7 Å². The van der Waals surface area contributed by atoms with Gasteiger partial charge in [0.1, 0.15) is 5.82 Å². The van der Waals surface area contributed by atoms with Crippen LogP contribution in [0.3, 0.4) is 0 Å². The van der Waals surface area contributed by atoms with Crippen molar-refractivity contribution in [3.8, 4) is 0 Å². The van der Waals surface area contributed by atoms with E-state index in [0.717, 1.165) is 32.5 Å². The summed E-state index contributed by atoms with van der Waals surface area (Å²) in [6.07, 6.45) is 2.18. The summed E-state index contributed by atoms with van der Waals surface area (Å²) in [6.45, 7) is 7.14. The van der Waals surface area contributed by atoms with Gasteiger partial charge in [-0.05, 0) is 37.4 Å². The van der Waals surface area contributed by atoms with Crippen LogP contribution in [0.15, 0.2) is 18.2 Å². The minimum absolute atomic E-state index is 0.223. The molecule has 1 aliphatic heterocycles. The number of para-hydroxylation sites is 1. The van der Waals surface area contributed by atoms with Crippen molar-refractivity contribution in [2.45, 2.75) is 32.7 Å². The summed E-state index contributed by atoms with van der Waals surface area (Å²) >= 11 is 6.13. The molecule has 1 fully saturated rings. The van der Waals surface area contributed by atoms with Crippen molar-refractivity contribution in [2.24, 2.45) is 5.92 Å². The fraction of sp³-hybridized carbons (Fsp3) is 0.600. The first-order valence-electron chi connectivity index (χ1n) is 7.05. The lowest BCUT2D eigenvalue weighted by Gasteiger charge is -2.39. The van der Waals surface area contributed by atoms with E-state index in [2.05, 4.69) is 24.1 Å². The van der Waals surface area contributed by atoms with Crippen LogP contribution in [0.4, 0.5) is 10.1 Å². The second-order valence-electron chi connectivity index (χ2n) is 5.34. The average Bonchev–Trinajstić information content (AvgIpc) is 2.37. The maximum atomic E-state index is 13.9. The Balaban J connectivity index is 2.05. The van der Waals surface area contributed by atoms with Gasteiger partial charge in [0, 0.05) is 19.1 Å². The number of nitrogens with zero attached hydrogens (tertiary/aromatic N) is 1. The summed E-state index contributed by atoms with van der Waals surface area (Å²) in [6, 6.07) is 5.42. The largest absolute Gasteiger partial charge is 0.368 e. The van der Waals surface area contributed by atoms with Gasteiger partial charge in [0.25, 0.3) is 0 Å². The van der Waals surface area contributed by atoms with Crippen LogP contribution in [-0.2, 0) is 0 Å². The molecule has 106 valence electrons. The van der Waals surface area contributed by atoms with Crippen LogP contribution in [-0.4, -0.2) is 25.7 Å². The summed E-state index contributed by atoms with van der Waals surface area (Å²) in [5.41, 5.74) is 0.560. The summed E-state index contributed by atoms with van der Waals surface area (Å²) < 4.78 is 13.9. The molecule has 0 bridgehead atoms. The second kappa shape index (κ2) is 6.58. The fourth-order valence-corrected chi connectivity index (χ4v) is 3.06. The minimum atomic E-state index is -0.223. The molecule has 2 unspecified atom stereocenters. The van der Waals surface area contributed by atoms with Crippen LogP contribution in [0.25, 0.3) is 0 Å². The molecular formula is C15H22ClFN2. The fourth-order valence-electron chi connectivity index (χ4n) is 2.77. The van der Waals surface area contributed by atoms with Gasteiger partial charge < -0.3 is 10.2 Å². The summed E-state index contributed by atoms with van der Waals surface area (Å²) in [5, 5.41) is 4.08. The number of hydrogen-bond donors (Lipinski definition) is 1. The number of anilines is 1. The van der Waals surface area contributed by atoms with Crippen LogP contribution in [0.2, 0.25) is 5.02 Å². The van der Waals surface area contributed by atoms with Crippen molar-refractivity contribution in [1.82, 2.24) is 5.32 Å². The Morgan fingerprint density at radius 1 is 1.47 bits per heavy atom. The number of piperidine rings is 1. The van der Waals surface area contributed by atoms with E-state index in [9.17, 15) is 4.39 Å². The molecule has 2 nitrogen and oxygen atoms in total. The second-order valence-corrected chi connectivity index (χ2v) is 5.75. The van der Waals surface area contributed by atoms with E-state index in [1.54, 1.807) is 12.1 Å². The summed E-state index contributed by atoms with van der Waals surface area (Å²) in [4.78, 5) is 2.08. The number of benzene rings is 1. The van der Waals surface area contributed by atoms with Crippen LogP contribution in [0.1, 0.15) is 26.7 Å². The molecule has 1 heterocycles. The van der Waals surface area contributed by atoms with Crippen molar-refractivity contribution in [2.75, 3.05) is 24.5 Å². The Kier molecular flexibility index (Phi) is 5.06. The standard InChI is InChI=1S/C15H22ClFN2/c1-3-8-18-14-7-9-19(10-11(14)2)15-12(16)5-4-6-13(15)17/h4-6,11,14,18H,3,7-10H2,1-2H3. The minimum Gasteiger partial charge on any atom is -0.368 e. The maximum Gasteiger partial charge on any atom is 0.148 e. The topological polar surface area (TPSA) is 15.3 Å². The maximum absolute atomic E-state index is 13.9. The third-order valence-electron chi connectivity index (χ3n) is 3.82. The molecule has 1 saturated heterocycles. The lowest BCUT2D eigenvalue weighted by atomic mass is 9.93. The molecule has 1 aliphatic rings. The molecule has 2 rings (SSSR count). The van der Waals surface area contributed by atoms with Gasteiger partial charge in [-0.25, -0.2) is 4.39 Å². The zero-order chi connectivity index (χ0) is 13.8. The van der Waals surface area contributed by atoms with Crippen molar-refractivity contribution in [3.63, 3.8) is 0 Å². The highest BCUT2D eigenvalue weighted by molar-refractivity contribution is 6.33. The van der Waals surface area contributed by atoms with E-state index < -0.39 is 0 Å². The molecule has 1 aromatic rings. The van der Waals surface area contributed by atoms with Gasteiger partial charge >= 0.3 is 0 Å². The zero-order valence-electron chi connectivity index (χ0n) is 11.6. The van der Waals surface area contributed by atoms with Crippen molar-refractivity contribution < 1.29 is 4.39 Å². The summed E-state index contributed by atoms with van der Waals surface area (Å²) in [7, 11) is 0. The normalized spacial score (nSPS) is 23.7. The molecule has 1 N–H and O–H groups in total. The van der Waals surface area contributed by atoms with Gasteiger partial charge in [-0.2, -0.15) is 0 Å². The Bertz CT molecular complexity index is 404. The molecule has 2 atom stereocenters. The Morgan fingerprint density at radius 2 is 2.26 bits per heavy atom. The van der Waals surface area contributed by atoms with Gasteiger partial charge in [0.15, 0.2) is 0 Å². The highest BCUT2D eigenvalue weighted by Gasteiger charge is 2.27. The first-order valence-corrected chi connectivity index (χ1v) is 7.43. The van der Waals surface area contributed by atoms with Crippen LogP contribution >= 0.6 is 11.6 Å². The number of rotatable bonds is 4. The Labute approximate surface area is 119 Å². The average molecular weight is 285 g/mol. The lowest BCUT2D eigenvalue weighted by Crippen LogP contribution is -2.48. The third-order valence-corrected chi connectivity index (χ3v) is 4.12. The number of hydrogen-bond acceptors (Lipinski definition) is 2. The number of nitrogens with one attached hydrogen (secondary N) is 1. The van der Waals surface area contributed by atoms with Gasteiger partial charge in [0.2, 0.25) is 0 Å². The van der Waals surface area contributed by atoms with Crippen LogP contribution in [0.5, 0.6) is 0 Å². The van der Waals surface area contributed by atoms with E-state index >= 15 is 0 Å². The predicted octanol–water partition coefficient (Wildman–Crippen LogP) is 3.69. The van der Waals surface area contributed by atoms with E-state index in [-0.39, 0.29) is 5.82 Å². The molecule has 0 amide bonds. The van der Waals surface area contributed by atoms with E-state index in [4.69, 9.17) is 11.6 Å². The van der Waals surface area contributed by atoms with E-state index in [0.29, 0.717) is 22.7 Å².